The van der Waals surface area contributed by atoms with Crippen molar-refractivity contribution in [1.29, 1.82) is 5.26 Å². The first-order chi connectivity index (χ1) is 12.6. The molecule has 2 heterocycles. The van der Waals surface area contributed by atoms with E-state index in [1.54, 1.807) is 24.3 Å². The molecule has 0 spiro atoms. The number of aromatic nitrogens is 2. The molecule has 1 aliphatic rings. The molecule has 0 aliphatic carbocycles. The topological polar surface area (TPSA) is 61.9 Å². The van der Waals surface area contributed by atoms with Crippen LogP contribution in [0.5, 0.6) is 0 Å². The molecule has 5 heteroatoms. The average Bonchev–Trinajstić information content (AvgIpc) is 3.00. The first kappa shape index (κ1) is 16.3. The third kappa shape index (κ3) is 2.64. The van der Waals surface area contributed by atoms with Crippen molar-refractivity contribution in [2.75, 3.05) is 13.1 Å². The molecule has 130 valence electrons. The summed E-state index contributed by atoms with van der Waals surface area (Å²) in [6.45, 7) is 5.66. The maximum absolute atomic E-state index is 12.6. The van der Waals surface area contributed by atoms with E-state index in [1.165, 1.54) is 0 Å². The smallest absolute Gasteiger partial charge is 0.253 e. The van der Waals surface area contributed by atoms with E-state index < -0.39 is 0 Å². The van der Waals surface area contributed by atoms with Crippen molar-refractivity contribution in [3.8, 4) is 6.07 Å². The van der Waals surface area contributed by atoms with Gasteiger partial charge in [-0.1, -0.05) is 26.0 Å². The van der Waals surface area contributed by atoms with Gasteiger partial charge in [0.05, 0.1) is 28.7 Å². The second kappa shape index (κ2) is 6.30. The lowest BCUT2D eigenvalue weighted by molar-refractivity contribution is 0.0521. The average molecular weight is 344 g/mol. The zero-order valence-corrected chi connectivity index (χ0v) is 14.9. The Labute approximate surface area is 152 Å². The highest BCUT2D eigenvalue weighted by Gasteiger charge is 2.34. The van der Waals surface area contributed by atoms with E-state index in [0.29, 0.717) is 30.1 Å². The van der Waals surface area contributed by atoms with E-state index in [0.717, 1.165) is 16.9 Å². The zero-order valence-electron chi connectivity index (χ0n) is 14.9. The molecule has 0 radical (unpaired) electrons. The number of rotatable bonds is 3. The number of hydrogen-bond acceptors (Lipinski definition) is 3. The predicted molar refractivity (Wildman–Crippen MR) is 99.9 cm³/mol. The van der Waals surface area contributed by atoms with Gasteiger partial charge in [0.1, 0.15) is 5.82 Å². The second-order valence-electron chi connectivity index (χ2n) is 7.04. The Morgan fingerprint density at radius 3 is 2.50 bits per heavy atom. The summed E-state index contributed by atoms with van der Waals surface area (Å²) in [6, 6.07) is 17.3. The fraction of sp³-hybridized carbons (Fsp3) is 0.286. The number of benzene rings is 2. The minimum Gasteiger partial charge on any atom is -0.334 e. The van der Waals surface area contributed by atoms with Crippen LogP contribution in [0.4, 0.5) is 0 Å². The zero-order chi connectivity index (χ0) is 18.3. The summed E-state index contributed by atoms with van der Waals surface area (Å²) in [5, 5.41) is 8.88. The van der Waals surface area contributed by atoms with Crippen molar-refractivity contribution in [2.24, 2.45) is 0 Å². The number of likely N-dealkylation sites (tertiary alicyclic amines) is 1. The van der Waals surface area contributed by atoms with E-state index in [4.69, 9.17) is 10.2 Å². The Balaban J connectivity index is 1.56. The number of nitriles is 1. The number of nitrogens with zero attached hydrogens (tertiary/aromatic N) is 4. The van der Waals surface area contributed by atoms with Gasteiger partial charge < -0.3 is 9.47 Å². The third-order valence-corrected chi connectivity index (χ3v) is 4.92. The fourth-order valence-electron chi connectivity index (χ4n) is 3.51. The second-order valence-corrected chi connectivity index (χ2v) is 7.04. The fourth-order valence-corrected chi connectivity index (χ4v) is 3.51. The summed E-state index contributed by atoms with van der Waals surface area (Å²) in [4.78, 5) is 19.3. The summed E-state index contributed by atoms with van der Waals surface area (Å²) >= 11 is 0. The van der Waals surface area contributed by atoms with Crippen molar-refractivity contribution >= 4 is 16.9 Å². The SMILES string of the molecule is CC(C)c1nc2ccccc2n1C1CN(C(=O)c2ccc(C#N)cc2)C1. The van der Waals surface area contributed by atoms with Gasteiger partial charge in [0.25, 0.3) is 5.91 Å². The van der Waals surface area contributed by atoms with Crippen molar-refractivity contribution < 1.29 is 4.79 Å². The normalized spacial score (nSPS) is 14.5. The Bertz CT molecular complexity index is 1000. The molecule has 26 heavy (non-hydrogen) atoms. The molecule has 1 saturated heterocycles. The van der Waals surface area contributed by atoms with Gasteiger partial charge in [0, 0.05) is 24.6 Å². The summed E-state index contributed by atoms with van der Waals surface area (Å²) in [5.74, 6) is 1.41. The molecule has 4 rings (SSSR count). The van der Waals surface area contributed by atoms with Gasteiger partial charge in [-0.25, -0.2) is 4.98 Å². The van der Waals surface area contributed by atoms with Gasteiger partial charge in [-0.2, -0.15) is 5.26 Å². The number of carbonyl (C=O) groups is 1. The number of imidazole rings is 1. The van der Waals surface area contributed by atoms with Gasteiger partial charge in [0.15, 0.2) is 0 Å². The molecule has 2 aromatic carbocycles. The van der Waals surface area contributed by atoms with Crippen molar-refractivity contribution in [3.05, 3.63) is 65.5 Å². The molecule has 5 nitrogen and oxygen atoms in total. The molecule has 0 bridgehead atoms. The van der Waals surface area contributed by atoms with Crippen molar-refractivity contribution in [3.63, 3.8) is 0 Å². The van der Waals surface area contributed by atoms with Gasteiger partial charge in [0.2, 0.25) is 0 Å². The van der Waals surface area contributed by atoms with Gasteiger partial charge >= 0.3 is 0 Å². The molecule has 0 saturated carbocycles. The molecular formula is C21H20N4O. The number of amides is 1. The largest absolute Gasteiger partial charge is 0.334 e. The van der Waals surface area contributed by atoms with E-state index in [9.17, 15) is 4.79 Å². The van der Waals surface area contributed by atoms with Crippen LogP contribution >= 0.6 is 0 Å². The summed E-state index contributed by atoms with van der Waals surface area (Å²) in [5.41, 5.74) is 3.33. The van der Waals surface area contributed by atoms with Crippen molar-refractivity contribution in [1.82, 2.24) is 14.5 Å². The minimum absolute atomic E-state index is 0.0151. The Hall–Kier alpha value is -3.13. The standard InChI is InChI=1S/C21H20N4O/c1-14(2)20-23-18-5-3-4-6-19(18)25(20)17-12-24(13-17)21(26)16-9-7-15(11-22)8-10-16/h3-10,14,17H,12-13H2,1-2H3. The quantitative estimate of drug-likeness (QED) is 0.727. The Morgan fingerprint density at radius 2 is 1.85 bits per heavy atom. The van der Waals surface area contributed by atoms with Gasteiger partial charge in [-0.15, -0.1) is 0 Å². The van der Waals surface area contributed by atoms with Gasteiger partial charge in [-0.05, 0) is 36.4 Å². The maximum atomic E-state index is 12.6. The number of fused-ring (bicyclic) bond motifs is 1. The predicted octanol–water partition coefficient (Wildman–Crippen LogP) is 3.73. The lowest BCUT2D eigenvalue weighted by Crippen LogP contribution is -2.51. The van der Waals surface area contributed by atoms with E-state index in [1.807, 2.05) is 23.1 Å². The third-order valence-electron chi connectivity index (χ3n) is 4.92. The molecule has 3 aromatic rings. The molecular weight excluding hydrogens is 324 g/mol. The van der Waals surface area contributed by atoms with Crippen LogP contribution in [0.25, 0.3) is 11.0 Å². The van der Waals surface area contributed by atoms with Crippen molar-refractivity contribution in [2.45, 2.75) is 25.8 Å². The molecule has 0 atom stereocenters. The van der Waals surface area contributed by atoms with Gasteiger partial charge in [-0.3, -0.25) is 4.79 Å². The van der Waals surface area contributed by atoms with Crippen LogP contribution in [-0.4, -0.2) is 33.4 Å². The van der Waals surface area contributed by atoms with Crippen LogP contribution in [0.3, 0.4) is 0 Å². The monoisotopic (exact) mass is 344 g/mol. The van der Waals surface area contributed by atoms with E-state index in [2.05, 4.69) is 30.6 Å². The molecule has 1 amide bonds. The first-order valence-electron chi connectivity index (χ1n) is 8.85. The lowest BCUT2D eigenvalue weighted by atomic mass is 10.0. The number of carbonyl (C=O) groups excluding carboxylic acids is 1. The lowest BCUT2D eigenvalue weighted by Gasteiger charge is -2.41. The summed E-state index contributed by atoms with van der Waals surface area (Å²) in [7, 11) is 0. The highest BCUT2D eigenvalue weighted by Crippen LogP contribution is 2.31. The molecule has 1 aliphatic heterocycles. The van der Waals surface area contributed by atoms with Crippen LogP contribution in [0.15, 0.2) is 48.5 Å². The Kier molecular flexibility index (Phi) is 3.96. The number of hydrogen-bond donors (Lipinski definition) is 0. The maximum Gasteiger partial charge on any atom is 0.253 e. The minimum atomic E-state index is 0.0151. The van der Waals surface area contributed by atoms with Crippen LogP contribution in [-0.2, 0) is 0 Å². The van der Waals surface area contributed by atoms with Crippen LogP contribution in [0, 0.1) is 11.3 Å². The Morgan fingerprint density at radius 1 is 1.15 bits per heavy atom. The van der Waals surface area contributed by atoms with E-state index in [-0.39, 0.29) is 11.9 Å². The summed E-state index contributed by atoms with van der Waals surface area (Å²) in [6.07, 6.45) is 0. The van der Waals surface area contributed by atoms with E-state index >= 15 is 0 Å². The summed E-state index contributed by atoms with van der Waals surface area (Å²) < 4.78 is 2.29. The first-order valence-corrected chi connectivity index (χ1v) is 8.85. The highest BCUT2D eigenvalue weighted by atomic mass is 16.2. The van der Waals surface area contributed by atoms with Crippen LogP contribution in [0.2, 0.25) is 0 Å². The molecule has 0 unspecified atom stereocenters. The van der Waals surface area contributed by atoms with Crippen LogP contribution in [0.1, 0.15) is 47.6 Å². The van der Waals surface area contributed by atoms with Crippen LogP contribution < -0.4 is 0 Å². The highest BCUT2D eigenvalue weighted by molar-refractivity contribution is 5.95. The molecule has 1 aromatic heterocycles. The molecule has 1 fully saturated rings. The molecule has 0 N–H and O–H groups in total. The number of para-hydroxylation sites is 2.